The van der Waals surface area contributed by atoms with Gasteiger partial charge in [0, 0.05) is 29.4 Å². The van der Waals surface area contributed by atoms with E-state index in [1.807, 2.05) is 30.3 Å². The first-order valence-electron chi connectivity index (χ1n) is 15.0. The van der Waals surface area contributed by atoms with Crippen molar-refractivity contribution >= 4 is 68.4 Å². The SMILES string of the molecule is CN(c1cccc([SiH](c2ccccc2)c2ccccc2)c1)c1ccc2ccc3ccc4nc(-c5ccccc5)oc4c3c2c1. The van der Waals surface area contributed by atoms with Crippen molar-refractivity contribution < 1.29 is 4.42 Å². The van der Waals surface area contributed by atoms with Crippen LogP contribution in [-0.2, 0) is 0 Å². The fourth-order valence-electron chi connectivity index (χ4n) is 6.35. The van der Waals surface area contributed by atoms with Crippen LogP contribution in [0.25, 0.3) is 44.1 Å². The molecule has 8 rings (SSSR count). The highest BCUT2D eigenvalue weighted by Crippen LogP contribution is 2.37. The maximum atomic E-state index is 6.47. The van der Waals surface area contributed by atoms with Gasteiger partial charge >= 0.3 is 0 Å². The lowest BCUT2D eigenvalue weighted by molar-refractivity contribution is 0.623. The number of nitrogens with zero attached hydrogens (tertiary/aromatic N) is 2. The van der Waals surface area contributed by atoms with E-state index in [2.05, 4.69) is 139 Å². The number of benzene rings is 7. The molecule has 1 heterocycles. The second-order valence-corrected chi connectivity index (χ2v) is 14.1. The highest BCUT2D eigenvalue weighted by molar-refractivity contribution is 6.95. The van der Waals surface area contributed by atoms with Crippen molar-refractivity contribution in [3.8, 4) is 11.5 Å². The van der Waals surface area contributed by atoms with Gasteiger partial charge in [0.05, 0.1) is 0 Å². The number of hydrogen-bond acceptors (Lipinski definition) is 3. The van der Waals surface area contributed by atoms with Crippen LogP contribution in [0.15, 0.2) is 162 Å². The van der Waals surface area contributed by atoms with Crippen LogP contribution in [0.4, 0.5) is 11.4 Å². The number of fused-ring (bicyclic) bond motifs is 5. The molecule has 7 aromatic carbocycles. The monoisotopic (exact) mass is 582 g/mol. The van der Waals surface area contributed by atoms with Crippen molar-refractivity contribution in [2.45, 2.75) is 0 Å². The van der Waals surface area contributed by atoms with E-state index in [0.717, 1.165) is 38.5 Å². The van der Waals surface area contributed by atoms with Crippen LogP contribution in [0, 0.1) is 0 Å². The lowest BCUT2D eigenvalue weighted by Crippen LogP contribution is -2.51. The maximum absolute atomic E-state index is 6.47. The predicted molar refractivity (Wildman–Crippen MR) is 188 cm³/mol. The molecule has 0 spiro atoms. The molecule has 0 unspecified atom stereocenters. The summed E-state index contributed by atoms with van der Waals surface area (Å²) in [6.07, 6.45) is 0. The first kappa shape index (κ1) is 26.2. The third kappa shape index (κ3) is 4.66. The van der Waals surface area contributed by atoms with Crippen molar-refractivity contribution in [2.24, 2.45) is 0 Å². The third-order valence-electron chi connectivity index (χ3n) is 8.60. The van der Waals surface area contributed by atoms with Crippen LogP contribution >= 0.6 is 0 Å². The molecule has 0 radical (unpaired) electrons. The predicted octanol–water partition coefficient (Wildman–Crippen LogP) is 7.82. The molecule has 0 aliphatic rings. The Morgan fingerprint density at radius 1 is 0.545 bits per heavy atom. The van der Waals surface area contributed by atoms with E-state index in [-0.39, 0.29) is 0 Å². The summed E-state index contributed by atoms with van der Waals surface area (Å²) in [4.78, 5) is 7.14. The summed E-state index contributed by atoms with van der Waals surface area (Å²) < 4.78 is 6.47. The van der Waals surface area contributed by atoms with Crippen LogP contribution < -0.4 is 20.5 Å². The van der Waals surface area contributed by atoms with Crippen LogP contribution in [0.5, 0.6) is 0 Å². The van der Waals surface area contributed by atoms with Gasteiger partial charge in [0.15, 0.2) is 5.58 Å². The second kappa shape index (κ2) is 11.0. The van der Waals surface area contributed by atoms with Gasteiger partial charge in [0.2, 0.25) is 5.89 Å². The molecule has 0 aliphatic carbocycles. The zero-order chi connectivity index (χ0) is 29.5. The first-order chi connectivity index (χ1) is 21.7. The van der Waals surface area contributed by atoms with Gasteiger partial charge in [-0.1, -0.05) is 131 Å². The number of aromatic nitrogens is 1. The molecule has 0 saturated heterocycles. The van der Waals surface area contributed by atoms with E-state index in [9.17, 15) is 0 Å². The van der Waals surface area contributed by atoms with Gasteiger partial charge in [-0.25, -0.2) is 4.98 Å². The average molecular weight is 583 g/mol. The van der Waals surface area contributed by atoms with E-state index in [0.29, 0.717) is 5.89 Å². The van der Waals surface area contributed by atoms with Gasteiger partial charge in [-0.15, -0.1) is 0 Å². The van der Waals surface area contributed by atoms with Gasteiger partial charge in [0.25, 0.3) is 0 Å². The largest absolute Gasteiger partial charge is 0.435 e. The maximum Gasteiger partial charge on any atom is 0.227 e. The molecule has 8 aromatic rings. The van der Waals surface area contributed by atoms with E-state index in [1.54, 1.807) is 0 Å². The highest BCUT2D eigenvalue weighted by Gasteiger charge is 2.20. The summed E-state index contributed by atoms with van der Waals surface area (Å²) in [6.45, 7) is 0. The molecule has 0 aliphatic heterocycles. The van der Waals surface area contributed by atoms with Crippen molar-refractivity contribution in [3.05, 3.63) is 158 Å². The van der Waals surface area contributed by atoms with Crippen molar-refractivity contribution in [1.29, 1.82) is 0 Å². The quantitative estimate of drug-likeness (QED) is 0.114. The van der Waals surface area contributed by atoms with E-state index in [1.165, 1.54) is 26.6 Å². The summed E-state index contributed by atoms with van der Waals surface area (Å²) in [5.41, 5.74) is 4.97. The van der Waals surface area contributed by atoms with E-state index in [4.69, 9.17) is 9.40 Å². The third-order valence-corrected chi connectivity index (χ3v) is 11.7. The lowest BCUT2D eigenvalue weighted by Gasteiger charge is -2.23. The molecule has 0 bridgehead atoms. The number of oxazole rings is 1. The minimum Gasteiger partial charge on any atom is -0.435 e. The van der Waals surface area contributed by atoms with Crippen LogP contribution in [-0.4, -0.2) is 20.8 Å². The van der Waals surface area contributed by atoms with Gasteiger partial charge in [0.1, 0.15) is 14.3 Å². The fourth-order valence-corrected chi connectivity index (χ4v) is 9.36. The van der Waals surface area contributed by atoms with Gasteiger partial charge < -0.3 is 9.32 Å². The molecule has 44 heavy (non-hydrogen) atoms. The van der Waals surface area contributed by atoms with Crippen molar-refractivity contribution in [2.75, 3.05) is 11.9 Å². The summed E-state index contributed by atoms with van der Waals surface area (Å²) >= 11 is 0. The smallest absolute Gasteiger partial charge is 0.227 e. The minimum absolute atomic E-state index is 0.644. The van der Waals surface area contributed by atoms with Crippen LogP contribution in [0.3, 0.4) is 0 Å². The highest BCUT2D eigenvalue weighted by atomic mass is 28.3. The summed E-state index contributed by atoms with van der Waals surface area (Å²) in [6, 6.07) is 56.4. The van der Waals surface area contributed by atoms with Crippen molar-refractivity contribution in [1.82, 2.24) is 4.98 Å². The second-order valence-electron chi connectivity index (χ2n) is 11.3. The number of anilines is 2. The Bertz CT molecular complexity index is 2210. The Morgan fingerprint density at radius 2 is 1.14 bits per heavy atom. The van der Waals surface area contributed by atoms with E-state index < -0.39 is 8.80 Å². The number of rotatable bonds is 6. The lowest BCUT2D eigenvalue weighted by atomic mass is 10.0. The van der Waals surface area contributed by atoms with Gasteiger partial charge in [-0.05, 0) is 58.6 Å². The molecular formula is C40H30N2OSi. The molecule has 210 valence electrons. The van der Waals surface area contributed by atoms with Gasteiger partial charge in [-0.3, -0.25) is 0 Å². The van der Waals surface area contributed by atoms with Gasteiger partial charge in [-0.2, -0.15) is 0 Å². The zero-order valence-electron chi connectivity index (χ0n) is 24.4. The van der Waals surface area contributed by atoms with Crippen LogP contribution in [0.1, 0.15) is 0 Å². The standard InChI is InChI=1S/C40H30N2OSi/c1-42(31-14-11-19-35(26-31)44(33-15-7-3-8-16-33)34-17-9-4-10-18-34)32-24-22-28-20-21-29-23-25-37-39(38(29)36(28)27-32)43-40(41-37)30-12-5-2-6-13-30/h2-27,44H,1H3. The Morgan fingerprint density at radius 3 is 1.86 bits per heavy atom. The first-order valence-corrected chi connectivity index (χ1v) is 16.7. The molecule has 1 aromatic heterocycles. The minimum atomic E-state index is -1.64. The Labute approximate surface area is 258 Å². The Kier molecular flexibility index (Phi) is 6.54. The zero-order valence-corrected chi connectivity index (χ0v) is 25.5. The Hall–Kier alpha value is -5.45. The molecule has 0 N–H and O–H groups in total. The molecule has 0 fully saturated rings. The molecule has 0 atom stereocenters. The molecule has 4 heteroatoms. The summed E-state index contributed by atoms with van der Waals surface area (Å²) in [5, 5.41) is 8.80. The summed E-state index contributed by atoms with van der Waals surface area (Å²) in [5.74, 6) is 0.644. The average Bonchev–Trinajstić information content (AvgIpc) is 3.54. The number of hydrogen-bond donors (Lipinski definition) is 0. The Balaban J connectivity index is 1.23. The summed E-state index contributed by atoms with van der Waals surface area (Å²) in [7, 11) is 0.514. The molecule has 0 amide bonds. The molecule has 0 saturated carbocycles. The van der Waals surface area contributed by atoms with E-state index >= 15 is 0 Å². The van der Waals surface area contributed by atoms with Crippen LogP contribution in [0.2, 0.25) is 0 Å². The normalized spacial score (nSPS) is 11.5. The topological polar surface area (TPSA) is 29.3 Å². The molecule has 3 nitrogen and oxygen atoms in total. The van der Waals surface area contributed by atoms with Crippen molar-refractivity contribution in [3.63, 3.8) is 0 Å². The molecular weight excluding hydrogens is 553 g/mol. The fraction of sp³-hybridized carbons (Fsp3) is 0.0250.